The molecule has 1 fully saturated rings. The highest BCUT2D eigenvalue weighted by Crippen LogP contribution is 2.38. The van der Waals surface area contributed by atoms with E-state index in [1.165, 1.54) is 6.07 Å². The zero-order chi connectivity index (χ0) is 16.8. The molecule has 1 aromatic heterocycles. The summed E-state index contributed by atoms with van der Waals surface area (Å²) in [5, 5.41) is 9.86. The highest BCUT2D eigenvalue weighted by Gasteiger charge is 2.53. The molecule has 5 nitrogen and oxygen atoms in total. The second-order valence-corrected chi connectivity index (χ2v) is 5.58. The van der Waals surface area contributed by atoms with E-state index < -0.39 is 43.0 Å². The fourth-order valence-electron chi connectivity index (χ4n) is 2.91. The van der Waals surface area contributed by atoms with Crippen LogP contribution in [0, 0.1) is 11.8 Å². The predicted molar refractivity (Wildman–Crippen MR) is 74.9 cm³/mol. The number of hydrogen-bond acceptors (Lipinski definition) is 2. The van der Waals surface area contributed by atoms with Crippen molar-refractivity contribution in [3.05, 3.63) is 36.0 Å². The van der Waals surface area contributed by atoms with E-state index in [0.717, 1.165) is 10.3 Å². The summed E-state index contributed by atoms with van der Waals surface area (Å²) in [5.41, 5.74) is 0.920. The average molecular weight is 326 g/mol. The number of carbonyl (C=O) groups is 2. The number of fused-ring (bicyclic) bond motifs is 1. The summed E-state index contributed by atoms with van der Waals surface area (Å²) in [6, 6.07) is 6.56. The molecular weight excluding hydrogens is 313 g/mol. The number of aliphatic carboxylic acids is 1. The first-order chi connectivity index (χ1) is 10.8. The molecule has 2 atom stereocenters. The number of halogens is 3. The smallest absolute Gasteiger partial charge is 0.394 e. The summed E-state index contributed by atoms with van der Waals surface area (Å²) in [5.74, 6) is -5.81. The number of aromatic amines is 1. The SMILES string of the molecule is O=C(O)[C@@H]1CN(C(=O)c2ccc3cc[nH]c3c2)C[C@H]1C(F)(F)F. The summed E-state index contributed by atoms with van der Waals surface area (Å²) in [6.45, 7) is -1.08. The van der Waals surface area contributed by atoms with Crippen LogP contribution >= 0.6 is 0 Å². The number of rotatable bonds is 2. The summed E-state index contributed by atoms with van der Waals surface area (Å²) in [7, 11) is 0. The van der Waals surface area contributed by atoms with Crippen LogP contribution in [0.4, 0.5) is 13.2 Å². The Morgan fingerprint density at radius 1 is 1.22 bits per heavy atom. The van der Waals surface area contributed by atoms with Crippen molar-refractivity contribution in [2.75, 3.05) is 13.1 Å². The Morgan fingerprint density at radius 3 is 2.57 bits per heavy atom. The van der Waals surface area contributed by atoms with Gasteiger partial charge in [-0.2, -0.15) is 13.2 Å². The lowest BCUT2D eigenvalue weighted by Crippen LogP contribution is -2.34. The Hall–Kier alpha value is -2.51. The molecule has 2 N–H and O–H groups in total. The largest absolute Gasteiger partial charge is 0.481 e. The highest BCUT2D eigenvalue weighted by atomic mass is 19.4. The van der Waals surface area contributed by atoms with Crippen LogP contribution in [0.1, 0.15) is 10.4 Å². The Morgan fingerprint density at radius 2 is 1.96 bits per heavy atom. The summed E-state index contributed by atoms with van der Waals surface area (Å²) < 4.78 is 38.9. The van der Waals surface area contributed by atoms with Crippen molar-refractivity contribution in [2.24, 2.45) is 11.8 Å². The number of benzene rings is 1. The standard InChI is InChI=1S/C15H13F3N2O3/c16-15(17,18)11-7-20(6-10(11)14(22)23)13(21)9-2-1-8-3-4-19-12(8)5-9/h1-5,10-11,19H,6-7H2,(H,22,23)/t10-,11-/m1/s1. The van der Waals surface area contributed by atoms with Gasteiger partial charge in [0, 0.05) is 30.4 Å². The van der Waals surface area contributed by atoms with Crippen LogP contribution in [-0.2, 0) is 4.79 Å². The van der Waals surface area contributed by atoms with Crippen molar-refractivity contribution >= 4 is 22.8 Å². The number of carboxylic acid groups (broad SMARTS) is 1. The number of carbonyl (C=O) groups excluding carboxylic acids is 1. The number of nitrogens with zero attached hydrogens (tertiary/aromatic N) is 1. The van der Waals surface area contributed by atoms with Gasteiger partial charge >= 0.3 is 12.1 Å². The molecule has 8 heteroatoms. The number of alkyl halides is 3. The maximum atomic E-state index is 13.0. The first-order valence-corrected chi connectivity index (χ1v) is 6.93. The minimum absolute atomic E-state index is 0.229. The van der Waals surface area contributed by atoms with Crippen LogP contribution < -0.4 is 0 Å². The molecule has 0 saturated carbocycles. The first kappa shape index (κ1) is 15.4. The zero-order valence-electron chi connectivity index (χ0n) is 11.8. The quantitative estimate of drug-likeness (QED) is 0.890. The number of carboxylic acids is 1. The van der Waals surface area contributed by atoms with Crippen molar-refractivity contribution in [3.63, 3.8) is 0 Å². The van der Waals surface area contributed by atoms with E-state index in [1.54, 1.807) is 24.4 Å². The minimum atomic E-state index is -4.65. The van der Waals surface area contributed by atoms with Crippen molar-refractivity contribution in [1.29, 1.82) is 0 Å². The van der Waals surface area contributed by atoms with Gasteiger partial charge in [0.25, 0.3) is 5.91 Å². The molecule has 2 heterocycles. The van der Waals surface area contributed by atoms with E-state index in [4.69, 9.17) is 5.11 Å². The molecule has 0 spiro atoms. The lowest BCUT2D eigenvalue weighted by molar-refractivity contribution is -0.187. The highest BCUT2D eigenvalue weighted by molar-refractivity contribution is 5.98. The maximum Gasteiger partial charge on any atom is 0.394 e. The van der Waals surface area contributed by atoms with E-state index in [2.05, 4.69) is 4.98 Å². The second kappa shape index (κ2) is 5.29. The minimum Gasteiger partial charge on any atom is -0.481 e. The second-order valence-electron chi connectivity index (χ2n) is 5.58. The van der Waals surface area contributed by atoms with Crippen molar-refractivity contribution in [2.45, 2.75) is 6.18 Å². The van der Waals surface area contributed by atoms with Crippen molar-refractivity contribution in [1.82, 2.24) is 9.88 Å². The Labute approximate surface area is 128 Å². The maximum absolute atomic E-state index is 13.0. The lowest BCUT2D eigenvalue weighted by atomic mass is 9.96. The van der Waals surface area contributed by atoms with E-state index >= 15 is 0 Å². The Kier molecular flexibility index (Phi) is 3.54. The molecule has 0 bridgehead atoms. The molecule has 0 aliphatic carbocycles. The van der Waals surface area contributed by atoms with Crippen LogP contribution in [0.15, 0.2) is 30.5 Å². The third kappa shape index (κ3) is 2.76. The van der Waals surface area contributed by atoms with Gasteiger partial charge in [-0.1, -0.05) is 6.07 Å². The summed E-state index contributed by atoms with van der Waals surface area (Å²) in [6.07, 6.45) is -2.96. The predicted octanol–water partition coefficient (Wildman–Crippen LogP) is 2.50. The zero-order valence-corrected chi connectivity index (χ0v) is 11.8. The van der Waals surface area contributed by atoms with Gasteiger partial charge in [-0.05, 0) is 23.6 Å². The van der Waals surface area contributed by atoms with Gasteiger partial charge in [0.1, 0.15) is 0 Å². The van der Waals surface area contributed by atoms with Crippen LogP contribution in [0.25, 0.3) is 10.9 Å². The van der Waals surface area contributed by atoms with Gasteiger partial charge in [0.2, 0.25) is 0 Å². The normalized spacial score (nSPS) is 21.8. The van der Waals surface area contributed by atoms with Gasteiger partial charge in [-0.3, -0.25) is 9.59 Å². The van der Waals surface area contributed by atoms with Crippen molar-refractivity contribution < 1.29 is 27.9 Å². The number of aromatic nitrogens is 1. The molecule has 1 aliphatic heterocycles. The number of nitrogens with one attached hydrogen (secondary N) is 1. The van der Waals surface area contributed by atoms with E-state index in [1.807, 2.05) is 0 Å². The lowest BCUT2D eigenvalue weighted by Gasteiger charge is -2.18. The monoisotopic (exact) mass is 326 g/mol. The topological polar surface area (TPSA) is 73.4 Å². The molecule has 23 heavy (non-hydrogen) atoms. The number of amides is 1. The molecule has 3 rings (SSSR count). The molecule has 1 saturated heterocycles. The molecule has 1 aliphatic rings. The van der Waals surface area contributed by atoms with E-state index in [0.29, 0.717) is 5.52 Å². The fraction of sp³-hybridized carbons (Fsp3) is 0.333. The third-order valence-corrected chi connectivity index (χ3v) is 4.15. The van der Waals surface area contributed by atoms with Crippen LogP contribution in [0.5, 0.6) is 0 Å². The van der Waals surface area contributed by atoms with E-state index in [-0.39, 0.29) is 5.56 Å². The van der Waals surface area contributed by atoms with Crippen LogP contribution in [0.3, 0.4) is 0 Å². The van der Waals surface area contributed by atoms with Gasteiger partial charge < -0.3 is 15.0 Å². The summed E-state index contributed by atoms with van der Waals surface area (Å²) in [4.78, 5) is 27.3. The van der Waals surface area contributed by atoms with Crippen molar-refractivity contribution in [3.8, 4) is 0 Å². The van der Waals surface area contributed by atoms with Gasteiger partial charge in [-0.25, -0.2) is 0 Å². The van der Waals surface area contributed by atoms with Gasteiger partial charge in [0.15, 0.2) is 0 Å². The molecule has 0 radical (unpaired) electrons. The number of hydrogen-bond donors (Lipinski definition) is 2. The Bertz CT molecular complexity index is 769. The molecule has 122 valence electrons. The fourth-order valence-corrected chi connectivity index (χ4v) is 2.91. The van der Waals surface area contributed by atoms with E-state index in [9.17, 15) is 22.8 Å². The molecule has 1 amide bonds. The third-order valence-electron chi connectivity index (χ3n) is 4.15. The molecule has 0 unspecified atom stereocenters. The average Bonchev–Trinajstić information content (AvgIpc) is 3.11. The van der Waals surface area contributed by atoms with Crippen LogP contribution in [0.2, 0.25) is 0 Å². The molecule has 2 aromatic rings. The van der Waals surface area contributed by atoms with Crippen LogP contribution in [-0.4, -0.2) is 46.1 Å². The molecular formula is C15H13F3N2O3. The van der Waals surface area contributed by atoms with Gasteiger partial charge in [-0.15, -0.1) is 0 Å². The number of H-pyrrole nitrogens is 1. The first-order valence-electron chi connectivity index (χ1n) is 6.93. The molecule has 1 aromatic carbocycles. The number of likely N-dealkylation sites (tertiary alicyclic amines) is 1. The Balaban J connectivity index is 1.86. The van der Waals surface area contributed by atoms with Gasteiger partial charge in [0.05, 0.1) is 11.8 Å². The summed E-state index contributed by atoms with van der Waals surface area (Å²) >= 11 is 0.